The first-order valence-electron chi connectivity index (χ1n) is 6.31. The van der Waals surface area contributed by atoms with Crippen LogP contribution in [0.3, 0.4) is 0 Å². The molecule has 24 heavy (non-hydrogen) atoms. The van der Waals surface area contributed by atoms with Crippen molar-refractivity contribution >= 4 is 32.5 Å². The van der Waals surface area contributed by atoms with E-state index in [-0.39, 0.29) is 17.0 Å². The molecule has 11 heteroatoms. The second-order valence-corrected chi connectivity index (χ2v) is 6.10. The third-order valence-electron chi connectivity index (χ3n) is 3.04. The molecule has 0 amide bonds. The molecule has 0 fully saturated rings. The van der Waals surface area contributed by atoms with Crippen LogP contribution in [0.5, 0.6) is 5.75 Å². The fourth-order valence-corrected chi connectivity index (χ4v) is 2.59. The highest BCUT2D eigenvalue weighted by molar-refractivity contribution is 7.85. The van der Waals surface area contributed by atoms with Gasteiger partial charge < -0.3 is 10.4 Å². The first-order valence-corrected chi connectivity index (χ1v) is 7.75. The Morgan fingerprint density at radius 2 is 1.67 bits per heavy atom. The predicted molar refractivity (Wildman–Crippen MR) is 78.5 cm³/mol. The summed E-state index contributed by atoms with van der Waals surface area (Å²) in [6.45, 7) is 0. The van der Waals surface area contributed by atoms with Crippen molar-refractivity contribution in [3.8, 4) is 5.75 Å². The van der Waals surface area contributed by atoms with E-state index in [4.69, 9.17) is 4.55 Å². The summed E-state index contributed by atoms with van der Waals surface area (Å²) in [4.78, 5) is 8.82. The molecule has 8 nitrogen and oxygen atoms in total. The van der Waals surface area contributed by atoms with Gasteiger partial charge in [-0.2, -0.15) is 32.2 Å². The van der Waals surface area contributed by atoms with Crippen LogP contribution in [0.4, 0.5) is 20.4 Å². The minimum Gasteiger partial charge on any atom is -0.507 e. The molecule has 0 radical (unpaired) electrons. The second-order valence-electron chi connectivity index (χ2n) is 4.68. The molecule has 0 aliphatic carbocycles. The van der Waals surface area contributed by atoms with Crippen LogP contribution in [0.2, 0.25) is 0 Å². The molecule has 124 valence electrons. The van der Waals surface area contributed by atoms with Gasteiger partial charge in [0.25, 0.3) is 10.1 Å². The van der Waals surface area contributed by atoms with E-state index in [1.807, 2.05) is 0 Å². The minimum absolute atomic E-state index is 0.238. The molecule has 3 rings (SSSR count). The summed E-state index contributed by atoms with van der Waals surface area (Å²) in [6, 6.07) is 6.30. The summed E-state index contributed by atoms with van der Waals surface area (Å²) in [5.74, 6) is -0.787. The van der Waals surface area contributed by atoms with Crippen LogP contribution in [-0.2, 0) is 10.1 Å². The number of halogens is 2. The molecular formula is C13H8F2N4O4S. The first-order chi connectivity index (χ1) is 11.2. The molecule has 1 heterocycles. The van der Waals surface area contributed by atoms with Crippen LogP contribution in [-0.4, -0.2) is 33.0 Å². The van der Waals surface area contributed by atoms with Gasteiger partial charge in [-0.05, 0) is 23.6 Å². The summed E-state index contributed by atoms with van der Waals surface area (Å²) in [6.07, 6.45) is -2.60. The van der Waals surface area contributed by atoms with E-state index < -0.39 is 32.9 Å². The lowest BCUT2D eigenvalue weighted by Gasteiger charge is -2.08. The summed E-state index contributed by atoms with van der Waals surface area (Å²) >= 11 is 0. The Bertz CT molecular complexity index is 1040. The highest BCUT2D eigenvalue weighted by Gasteiger charge is 2.14. The number of hydrogen-bond donors (Lipinski definition) is 3. The van der Waals surface area contributed by atoms with Gasteiger partial charge in [0.1, 0.15) is 5.75 Å². The van der Waals surface area contributed by atoms with Crippen LogP contribution < -0.4 is 5.32 Å². The van der Waals surface area contributed by atoms with Gasteiger partial charge in [0.05, 0.1) is 4.90 Å². The maximum atomic E-state index is 12.9. The molecule has 0 aliphatic rings. The van der Waals surface area contributed by atoms with Crippen molar-refractivity contribution in [2.45, 2.75) is 4.90 Å². The Morgan fingerprint density at radius 1 is 1.00 bits per heavy atom. The summed E-state index contributed by atoms with van der Waals surface area (Å²) < 4.78 is 57.2. The number of aromatic nitrogens is 3. The first kappa shape index (κ1) is 16.0. The Morgan fingerprint density at radius 3 is 2.29 bits per heavy atom. The lowest BCUT2D eigenvalue weighted by atomic mass is 10.1. The van der Waals surface area contributed by atoms with Crippen molar-refractivity contribution < 1.29 is 26.9 Å². The zero-order valence-corrected chi connectivity index (χ0v) is 12.4. The van der Waals surface area contributed by atoms with Gasteiger partial charge in [-0.15, -0.1) is 0 Å². The molecular weight excluding hydrogens is 346 g/mol. The Labute approximate surface area is 133 Å². The van der Waals surface area contributed by atoms with E-state index in [1.54, 1.807) is 0 Å². The molecule has 3 aromatic rings. The maximum absolute atomic E-state index is 12.9. The van der Waals surface area contributed by atoms with Crippen molar-refractivity contribution in [3.63, 3.8) is 0 Å². The number of aromatic hydroxyl groups is 1. The van der Waals surface area contributed by atoms with Crippen molar-refractivity contribution in [1.29, 1.82) is 0 Å². The lowest BCUT2D eigenvalue weighted by molar-refractivity contribution is 0.458. The number of phenols is 1. The number of phenolic OH excluding ortho intramolecular Hbond substituents is 1. The third-order valence-corrected chi connectivity index (χ3v) is 3.87. The number of anilines is 2. The fourth-order valence-electron chi connectivity index (χ4n) is 2.05. The fraction of sp³-hybridized carbons (Fsp3) is 0. The third kappa shape index (κ3) is 3.21. The number of fused-ring (bicyclic) bond motifs is 1. The summed E-state index contributed by atoms with van der Waals surface area (Å²) in [5.41, 5.74) is 0.280. The van der Waals surface area contributed by atoms with Crippen LogP contribution in [0.25, 0.3) is 10.8 Å². The standard InChI is InChI=1S/C13H8F2N4O4S/c14-11-17-12(15)19-13(18-11)16-7-2-1-6-3-8(24(21,22)23)5-10(20)9(6)4-7/h1-5,20H,(H,21,22,23)(H,16,17,18,19). The molecule has 0 saturated carbocycles. The van der Waals surface area contributed by atoms with Crippen LogP contribution in [0, 0.1) is 12.2 Å². The van der Waals surface area contributed by atoms with E-state index in [9.17, 15) is 22.3 Å². The highest BCUT2D eigenvalue weighted by Crippen LogP contribution is 2.31. The van der Waals surface area contributed by atoms with Gasteiger partial charge in [-0.1, -0.05) is 6.07 Å². The van der Waals surface area contributed by atoms with Gasteiger partial charge in [-0.25, -0.2) is 0 Å². The van der Waals surface area contributed by atoms with Gasteiger partial charge in [-0.3, -0.25) is 4.55 Å². The van der Waals surface area contributed by atoms with E-state index >= 15 is 0 Å². The van der Waals surface area contributed by atoms with Crippen molar-refractivity contribution in [2.75, 3.05) is 5.32 Å². The zero-order chi connectivity index (χ0) is 17.5. The molecule has 0 unspecified atom stereocenters. The van der Waals surface area contributed by atoms with Gasteiger partial charge >= 0.3 is 12.2 Å². The number of rotatable bonds is 3. The Balaban J connectivity index is 2.04. The zero-order valence-electron chi connectivity index (χ0n) is 11.6. The van der Waals surface area contributed by atoms with E-state index in [0.29, 0.717) is 5.39 Å². The monoisotopic (exact) mass is 354 g/mol. The van der Waals surface area contributed by atoms with Crippen molar-refractivity contribution in [2.24, 2.45) is 0 Å². The van der Waals surface area contributed by atoms with E-state index in [1.165, 1.54) is 18.2 Å². The molecule has 3 N–H and O–H groups in total. The van der Waals surface area contributed by atoms with Gasteiger partial charge in [0.15, 0.2) is 0 Å². The average Bonchev–Trinajstić information content (AvgIpc) is 2.45. The Hall–Kier alpha value is -2.92. The van der Waals surface area contributed by atoms with Crippen molar-refractivity contribution in [1.82, 2.24) is 15.0 Å². The molecule has 0 aliphatic heterocycles. The number of benzene rings is 2. The smallest absolute Gasteiger partial charge is 0.315 e. The van der Waals surface area contributed by atoms with Crippen LogP contribution in [0.15, 0.2) is 35.2 Å². The topological polar surface area (TPSA) is 125 Å². The number of nitrogens with one attached hydrogen (secondary N) is 1. The van der Waals surface area contributed by atoms with Gasteiger partial charge in [0.2, 0.25) is 5.95 Å². The molecule has 0 spiro atoms. The predicted octanol–water partition coefficient (Wildman–Crippen LogP) is 2.00. The molecule has 0 bridgehead atoms. The Kier molecular flexibility index (Phi) is 3.73. The SMILES string of the molecule is O=S(=O)(O)c1cc(O)c2cc(Nc3nc(F)nc(F)n3)ccc2c1. The maximum Gasteiger partial charge on any atom is 0.315 e. The molecule has 1 aromatic heterocycles. The van der Waals surface area contributed by atoms with Gasteiger partial charge in [0, 0.05) is 17.1 Å². The highest BCUT2D eigenvalue weighted by atomic mass is 32.2. The number of hydrogen-bond acceptors (Lipinski definition) is 7. The second kappa shape index (κ2) is 5.62. The quantitative estimate of drug-likeness (QED) is 0.610. The van der Waals surface area contributed by atoms with Crippen LogP contribution in [0.1, 0.15) is 0 Å². The lowest BCUT2D eigenvalue weighted by Crippen LogP contribution is -2.04. The summed E-state index contributed by atoms with van der Waals surface area (Å²) in [7, 11) is -4.47. The number of nitrogens with zero attached hydrogens (tertiary/aromatic N) is 3. The van der Waals surface area contributed by atoms with E-state index in [2.05, 4.69) is 20.3 Å². The minimum atomic E-state index is -4.47. The largest absolute Gasteiger partial charge is 0.507 e. The average molecular weight is 354 g/mol. The van der Waals surface area contributed by atoms with E-state index in [0.717, 1.165) is 12.1 Å². The normalized spacial score (nSPS) is 11.6. The summed E-state index contributed by atoms with van der Waals surface area (Å²) in [5, 5.41) is 13.0. The molecule has 0 atom stereocenters. The molecule has 2 aromatic carbocycles. The van der Waals surface area contributed by atoms with Crippen LogP contribution >= 0.6 is 0 Å². The molecule has 0 saturated heterocycles. The van der Waals surface area contributed by atoms with Crippen molar-refractivity contribution in [3.05, 3.63) is 42.5 Å².